The molecule has 9 heteroatoms. The molecule has 1 fully saturated rings. The van der Waals surface area contributed by atoms with Crippen LogP contribution in [-0.2, 0) is 0 Å². The third-order valence-electron chi connectivity index (χ3n) is 5.57. The normalized spacial score (nSPS) is 14.9. The minimum atomic E-state index is -4.72. The van der Waals surface area contributed by atoms with Gasteiger partial charge in [-0.15, -0.1) is 13.2 Å². The van der Waals surface area contributed by atoms with Crippen LogP contribution in [-0.4, -0.2) is 42.4 Å². The molecule has 4 rings (SSSR count). The molecule has 0 spiro atoms. The van der Waals surface area contributed by atoms with Crippen molar-refractivity contribution in [2.24, 2.45) is 0 Å². The summed E-state index contributed by atoms with van der Waals surface area (Å²) in [5.74, 6) is 0.261. The summed E-state index contributed by atoms with van der Waals surface area (Å²) in [6, 6.07) is 13.0. The maximum atomic E-state index is 12.4. The standard InChI is InChI=1S/C24H26ClF3N4O/c25-20-7-4-6-19-21(29-12-5-15-32-13-2-1-3-14-32)16-22(31-23(19)20)30-17-8-10-18(11-9-17)33-24(26,27)28/h4,6-11,16H,1-3,5,12-15H2,(H2,29,30,31). The first-order valence-electron chi connectivity index (χ1n) is 11.1. The highest BCUT2D eigenvalue weighted by Gasteiger charge is 2.30. The SMILES string of the molecule is FC(F)(F)Oc1ccc(Nc2cc(NCCCN3CCCCC3)c3cccc(Cl)c3n2)cc1. The third kappa shape index (κ3) is 6.65. The van der Waals surface area contributed by atoms with Crippen LogP contribution in [0.1, 0.15) is 25.7 Å². The Kier molecular flexibility index (Phi) is 7.45. The summed E-state index contributed by atoms with van der Waals surface area (Å²) in [4.78, 5) is 7.12. The number of anilines is 3. The number of halogens is 4. The zero-order valence-electron chi connectivity index (χ0n) is 18.1. The molecular weight excluding hydrogens is 453 g/mol. The minimum absolute atomic E-state index is 0.279. The van der Waals surface area contributed by atoms with E-state index in [0.29, 0.717) is 22.0 Å². The number of alkyl halides is 3. The molecule has 3 aromatic rings. The third-order valence-corrected chi connectivity index (χ3v) is 5.87. The molecule has 1 saturated heterocycles. The number of likely N-dealkylation sites (tertiary alicyclic amines) is 1. The number of para-hydroxylation sites is 1. The Hall–Kier alpha value is -2.71. The number of benzene rings is 2. The summed E-state index contributed by atoms with van der Waals surface area (Å²) < 4.78 is 41.1. The molecule has 0 unspecified atom stereocenters. The molecule has 0 radical (unpaired) electrons. The second-order valence-electron chi connectivity index (χ2n) is 8.07. The second-order valence-corrected chi connectivity index (χ2v) is 8.48. The van der Waals surface area contributed by atoms with Gasteiger partial charge in [0.1, 0.15) is 11.6 Å². The van der Waals surface area contributed by atoms with E-state index in [2.05, 4.69) is 25.3 Å². The van der Waals surface area contributed by atoms with E-state index in [4.69, 9.17) is 11.6 Å². The molecule has 2 aromatic carbocycles. The van der Waals surface area contributed by atoms with Crippen LogP contribution in [0.25, 0.3) is 10.9 Å². The van der Waals surface area contributed by atoms with Crippen molar-refractivity contribution in [3.63, 3.8) is 0 Å². The van der Waals surface area contributed by atoms with E-state index in [0.717, 1.165) is 30.6 Å². The Morgan fingerprint density at radius 1 is 1.03 bits per heavy atom. The summed E-state index contributed by atoms with van der Waals surface area (Å²) in [6.07, 6.45) is 0.179. The summed E-state index contributed by atoms with van der Waals surface area (Å²) in [5.41, 5.74) is 2.14. The lowest BCUT2D eigenvalue weighted by Gasteiger charge is -2.26. The molecule has 2 N–H and O–H groups in total. The van der Waals surface area contributed by atoms with Gasteiger partial charge in [0.2, 0.25) is 0 Å². The first-order valence-corrected chi connectivity index (χ1v) is 11.4. The lowest BCUT2D eigenvalue weighted by atomic mass is 10.1. The van der Waals surface area contributed by atoms with Crippen LogP contribution in [0, 0.1) is 0 Å². The predicted molar refractivity (Wildman–Crippen MR) is 127 cm³/mol. The average molecular weight is 479 g/mol. The van der Waals surface area contributed by atoms with Crippen LogP contribution in [0.15, 0.2) is 48.5 Å². The van der Waals surface area contributed by atoms with Gasteiger partial charge in [0.25, 0.3) is 0 Å². The van der Waals surface area contributed by atoms with Crippen LogP contribution in [0.3, 0.4) is 0 Å². The Morgan fingerprint density at radius 3 is 2.52 bits per heavy atom. The van der Waals surface area contributed by atoms with Crippen molar-refractivity contribution in [1.29, 1.82) is 0 Å². The number of hydrogen-bond acceptors (Lipinski definition) is 5. The fraction of sp³-hybridized carbons (Fsp3) is 0.375. The first-order chi connectivity index (χ1) is 15.9. The molecule has 0 atom stereocenters. The van der Waals surface area contributed by atoms with E-state index in [1.807, 2.05) is 18.2 Å². The molecule has 176 valence electrons. The van der Waals surface area contributed by atoms with Gasteiger partial charge >= 0.3 is 6.36 Å². The molecular formula is C24H26ClF3N4O. The maximum Gasteiger partial charge on any atom is 0.573 e. The quantitative estimate of drug-likeness (QED) is 0.348. The molecule has 0 saturated carbocycles. The molecule has 0 aliphatic carbocycles. The fourth-order valence-corrected chi connectivity index (χ4v) is 4.24. The zero-order valence-corrected chi connectivity index (χ0v) is 18.8. The number of aromatic nitrogens is 1. The number of fused-ring (bicyclic) bond motifs is 1. The van der Waals surface area contributed by atoms with Gasteiger partial charge in [-0.1, -0.05) is 30.2 Å². The Morgan fingerprint density at radius 2 is 1.79 bits per heavy atom. The predicted octanol–water partition coefficient (Wildman–Crippen LogP) is 6.82. The number of nitrogens with one attached hydrogen (secondary N) is 2. The van der Waals surface area contributed by atoms with Crippen molar-refractivity contribution in [2.75, 3.05) is 36.8 Å². The van der Waals surface area contributed by atoms with Gasteiger partial charge in [-0.05, 0) is 69.2 Å². The Bertz CT molecular complexity index is 1070. The van der Waals surface area contributed by atoms with E-state index >= 15 is 0 Å². The average Bonchev–Trinajstić information content (AvgIpc) is 2.78. The van der Waals surface area contributed by atoms with Crippen molar-refractivity contribution < 1.29 is 17.9 Å². The van der Waals surface area contributed by atoms with Crippen molar-refractivity contribution in [2.45, 2.75) is 32.0 Å². The number of pyridine rings is 1. The number of ether oxygens (including phenoxy) is 1. The highest BCUT2D eigenvalue weighted by atomic mass is 35.5. The maximum absolute atomic E-state index is 12.4. The van der Waals surface area contributed by atoms with Crippen LogP contribution in [0.2, 0.25) is 5.02 Å². The highest BCUT2D eigenvalue weighted by Crippen LogP contribution is 2.32. The summed E-state index contributed by atoms with van der Waals surface area (Å²) >= 11 is 6.40. The van der Waals surface area contributed by atoms with Gasteiger partial charge in [0.15, 0.2) is 0 Å². The van der Waals surface area contributed by atoms with Gasteiger partial charge in [-0.2, -0.15) is 0 Å². The zero-order chi connectivity index (χ0) is 23.3. The van der Waals surface area contributed by atoms with Gasteiger partial charge in [0.05, 0.1) is 10.5 Å². The summed E-state index contributed by atoms with van der Waals surface area (Å²) in [7, 11) is 0. The lowest BCUT2D eigenvalue weighted by Crippen LogP contribution is -2.31. The number of rotatable bonds is 8. The largest absolute Gasteiger partial charge is 0.573 e. The molecule has 5 nitrogen and oxygen atoms in total. The molecule has 33 heavy (non-hydrogen) atoms. The minimum Gasteiger partial charge on any atom is -0.406 e. The van der Waals surface area contributed by atoms with E-state index < -0.39 is 6.36 Å². The topological polar surface area (TPSA) is 49.4 Å². The van der Waals surface area contributed by atoms with Gasteiger partial charge in [-0.25, -0.2) is 4.98 Å². The van der Waals surface area contributed by atoms with Gasteiger partial charge < -0.3 is 20.3 Å². The smallest absolute Gasteiger partial charge is 0.406 e. The molecule has 1 aliphatic rings. The molecule has 0 bridgehead atoms. The molecule has 2 heterocycles. The second kappa shape index (κ2) is 10.5. The van der Waals surface area contributed by atoms with Crippen molar-refractivity contribution >= 4 is 39.7 Å². The van der Waals surface area contributed by atoms with Gasteiger partial charge in [-0.3, -0.25) is 0 Å². The van der Waals surface area contributed by atoms with Crippen LogP contribution >= 0.6 is 11.6 Å². The van der Waals surface area contributed by atoms with Crippen molar-refractivity contribution in [3.8, 4) is 5.75 Å². The Balaban J connectivity index is 1.47. The van der Waals surface area contributed by atoms with Crippen LogP contribution < -0.4 is 15.4 Å². The van der Waals surface area contributed by atoms with Crippen molar-refractivity contribution in [3.05, 3.63) is 53.6 Å². The van der Waals surface area contributed by atoms with E-state index in [-0.39, 0.29) is 5.75 Å². The fourth-order valence-electron chi connectivity index (χ4n) is 4.02. The van der Waals surface area contributed by atoms with Crippen LogP contribution in [0.4, 0.5) is 30.4 Å². The number of hydrogen-bond donors (Lipinski definition) is 2. The van der Waals surface area contributed by atoms with E-state index in [1.54, 1.807) is 6.07 Å². The molecule has 0 amide bonds. The van der Waals surface area contributed by atoms with Crippen LogP contribution in [0.5, 0.6) is 5.75 Å². The van der Waals surface area contributed by atoms with E-state index in [9.17, 15) is 13.2 Å². The Labute approximate surface area is 195 Å². The van der Waals surface area contributed by atoms with E-state index in [1.165, 1.54) is 56.6 Å². The monoisotopic (exact) mass is 478 g/mol. The molecule has 1 aromatic heterocycles. The number of nitrogens with zero attached hydrogens (tertiary/aromatic N) is 2. The lowest BCUT2D eigenvalue weighted by molar-refractivity contribution is -0.274. The van der Waals surface area contributed by atoms with Crippen molar-refractivity contribution in [1.82, 2.24) is 9.88 Å². The molecule has 1 aliphatic heterocycles. The summed E-state index contributed by atoms with van der Waals surface area (Å²) in [5, 5.41) is 8.09. The highest BCUT2D eigenvalue weighted by molar-refractivity contribution is 6.35. The number of piperidine rings is 1. The summed E-state index contributed by atoms with van der Waals surface area (Å²) in [6.45, 7) is 4.22. The first kappa shape index (κ1) is 23.4. The van der Waals surface area contributed by atoms with Gasteiger partial charge in [0, 0.05) is 29.4 Å².